The molecule has 1 aromatic carbocycles. The van der Waals surface area contributed by atoms with E-state index in [0.29, 0.717) is 36.8 Å². The lowest BCUT2D eigenvalue weighted by molar-refractivity contribution is -0.121. The number of hydrogen-bond donors (Lipinski definition) is 1. The molecular weight excluding hydrogens is 485 g/mol. The summed E-state index contributed by atoms with van der Waals surface area (Å²) in [7, 11) is -3.57. The number of rotatable bonds is 9. The smallest absolute Gasteiger partial charge is 0.254 e. The summed E-state index contributed by atoms with van der Waals surface area (Å²) in [6.07, 6.45) is 4.50. The van der Waals surface area contributed by atoms with Crippen molar-refractivity contribution in [3.63, 3.8) is 0 Å². The molecule has 1 atom stereocenters. The number of alkyl halides is 1. The zero-order valence-electron chi connectivity index (χ0n) is 21.1. The van der Waals surface area contributed by atoms with Gasteiger partial charge in [-0.1, -0.05) is 0 Å². The average molecular weight is 522 g/mol. The number of aryl methyl sites for hydroxylation is 1. The number of amides is 2. The molecule has 8 nitrogen and oxygen atoms in total. The molecule has 1 N–H and O–H groups in total. The number of nitrogens with one attached hydrogen (secondary N) is 1. The van der Waals surface area contributed by atoms with Gasteiger partial charge in [-0.05, 0) is 75.6 Å². The first-order valence-corrected chi connectivity index (χ1v) is 14.5. The highest BCUT2D eigenvalue weighted by molar-refractivity contribution is 7.90. The molecule has 2 amide bonds. The molecule has 2 aromatic rings. The number of carbonyl (C=O) groups is 2. The number of benzene rings is 1. The van der Waals surface area contributed by atoms with Crippen LogP contribution in [0.3, 0.4) is 0 Å². The van der Waals surface area contributed by atoms with Gasteiger partial charge in [-0.15, -0.1) is 0 Å². The lowest BCUT2D eigenvalue weighted by Gasteiger charge is -2.34. The third kappa shape index (κ3) is 5.16. The molecule has 10 heteroatoms. The van der Waals surface area contributed by atoms with E-state index in [2.05, 4.69) is 5.32 Å². The summed E-state index contributed by atoms with van der Waals surface area (Å²) in [6.45, 7) is 4.23. The van der Waals surface area contributed by atoms with Crippen molar-refractivity contribution in [3.8, 4) is 0 Å². The fourth-order valence-corrected chi connectivity index (χ4v) is 6.94. The Kier molecular flexibility index (Phi) is 8.34. The van der Waals surface area contributed by atoms with Crippen LogP contribution in [0, 0.1) is 5.92 Å². The highest BCUT2D eigenvalue weighted by Crippen LogP contribution is 2.45. The molecule has 1 aliphatic carbocycles. The summed E-state index contributed by atoms with van der Waals surface area (Å²) in [4.78, 5) is 26.8. The van der Waals surface area contributed by atoms with Crippen molar-refractivity contribution >= 4 is 32.7 Å². The van der Waals surface area contributed by atoms with E-state index in [1.807, 2.05) is 0 Å². The molecule has 0 spiro atoms. The second-order valence-corrected chi connectivity index (χ2v) is 11.7. The monoisotopic (exact) mass is 521 g/mol. The number of halogens is 1. The summed E-state index contributed by atoms with van der Waals surface area (Å²) in [5.41, 5.74) is 2.92. The maximum atomic E-state index is 13.3. The van der Waals surface area contributed by atoms with Gasteiger partial charge in [0.2, 0.25) is 15.9 Å². The van der Waals surface area contributed by atoms with E-state index in [-0.39, 0.29) is 30.7 Å². The summed E-state index contributed by atoms with van der Waals surface area (Å²) in [6, 6.07) is 5.15. The van der Waals surface area contributed by atoms with Gasteiger partial charge in [0.1, 0.15) is 6.67 Å². The SMILES string of the molecule is CCN(CC(=O)NCCF)C(=O)c1ccc2c(c1)c1c(n2S(=O)(=O)CC)C(C2CCOCC2)CCC1. The Labute approximate surface area is 212 Å². The van der Waals surface area contributed by atoms with Crippen LogP contribution in [0.5, 0.6) is 0 Å². The van der Waals surface area contributed by atoms with Gasteiger partial charge in [0.15, 0.2) is 0 Å². The first kappa shape index (κ1) is 26.6. The normalized spacial score (nSPS) is 18.7. The molecule has 198 valence electrons. The van der Waals surface area contributed by atoms with Crippen LogP contribution in [0.4, 0.5) is 4.39 Å². The molecule has 1 saturated heterocycles. The number of hydrogen-bond acceptors (Lipinski definition) is 5. The topological polar surface area (TPSA) is 97.7 Å². The van der Waals surface area contributed by atoms with E-state index >= 15 is 0 Å². The van der Waals surface area contributed by atoms with Crippen LogP contribution in [0.15, 0.2) is 18.2 Å². The summed E-state index contributed by atoms with van der Waals surface area (Å²) in [5, 5.41) is 3.24. The van der Waals surface area contributed by atoms with Gasteiger partial charge >= 0.3 is 0 Å². The third-order valence-electron chi connectivity index (χ3n) is 7.51. The van der Waals surface area contributed by atoms with E-state index in [1.165, 1.54) is 4.90 Å². The molecule has 1 aliphatic heterocycles. The Morgan fingerprint density at radius 3 is 2.61 bits per heavy atom. The van der Waals surface area contributed by atoms with Crippen molar-refractivity contribution in [2.45, 2.75) is 51.9 Å². The second kappa shape index (κ2) is 11.3. The summed E-state index contributed by atoms with van der Waals surface area (Å²) >= 11 is 0. The highest BCUT2D eigenvalue weighted by atomic mass is 32.2. The van der Waals surface area contributed by atoms with Crippen molar-refractivity contribution in [1.29, 1.82) is 0 Å². The first-order chi connectivity index (χ1) is 17.3. The molecule has 1 aromatic heterocycles. The highest BCUT2D eigenvalue weighted by Gasteiger charge is 2.36. The molecule has 2 heterocycles. The maximum absolute atomic E-state index is 13.3. The molecule has 0 radical (unpaired) electrons. The van der Waals surface area contributed by atoms with Crippen LogP contribution in [0.2, 0.25) is 0 Å². The standard InChI is InChI=1S/C26H36FN3O5S/c1-3-29(17-24(31)28-13-12-27)26(32)19-8-9-23-22(16-19)21-7-5-6-20(18-10-14-35-15-11-18)25(21)30(23)36(33,34)4-2/h8-9,16,18,20H,3-7,10-15,17H2,1-2H3,(H,28,31). The molecule has 36 heavy (non-hydrogen) atoms. The first-order valence-electron chi connectivity index (χ1n) is 12.9. The fourth-order valence-electron chi connectivity index (χ4n) is 5.68. The minimum absolute atomic E-state index is 0.0119. The molecule has 1 unspecified atom stereocenters. The number of fused-ring (bicyclic) bond motifs is 3. The Balaban J connectivity index is 1.77. The molecule has 4 rings (SSSR count). The van der Waals surface area contributed by atoms with E-state index in [9.17, 15) is 22.4 Å². The maximum Gasteiger partial charge on any atom is 0.254 e. The predicted molar refractivity (Wildman–Crippen MR) is 137 cm³/mol. The van der Waals surface area contributed by atoms with Crippen molar-refractivity contribution in [3.05, 3.63) is 35.0 Å². The van der Waals surface area contributed by atoms with Crippen LogP contribution < -0.4 is 5.32 Å². The fraction of sp³-hybridized carbons (Fsp3) is 0.615. The van der Waals surface area contributed by atoms with Crippen molar-refractivity contribution < 1.29 is 27.1 Å². The zero-order chi connectivity index (χ0) is 25.9. The third-order valence-corrected chi connectivity index (χ3v) is 9.19. The number of nitrogens with zero attached hydrogens (tertiary/aromatic N) is 2. The van der Waals surface area contributed by atoms with Crippen LogP contribution >= 0.6 is 0 Å². The van der Waals surface area contributed by atoms with Gasteiger partial charge in [0.05, 0.1) is 17.8 Å². The Morgan fingerprint density at radius 2 is 1.94 bits per heavy atom. The van der Waals surface area contributed by atoms with Gasteiger partial charge < -0.3 is 15.0 Å². The van der Waals surface area contributed by atoms with Crippen molar-refractivity contribution in [2.75, 3.05) is 45.3 Å². The Bertz CT molecular complexity index is 1220. The molecular formula is C26H36FN3O5S. The number of likely N-dealkylation sites (N-methyl/N-ethyl adjacent to an activating group) is 1. The average Bonchev–Trinajstić information content (AvgIpc) is 3.25. The van der Waals surface area contributed by atoms with E-state index in [1.54, 1.807) is 36.0 Å². The van der Waals surface area contributed by atoms with Crippen LogP contribution in [-0.4, -0.2) is 74.4 Å². The second-order valence-electron chi connectivity index (χ2n) is 9.57. The lowest BCUT2D eigenvalue weighted by atomic mass is 9.76. The van der Waals surface area contributed by atoms with Crippen LogP contribution in [0.1, 0.15) is 67.1 Å². The van der Waals surface area contributed by atoms with Crippen molar-refractivity contribution in [2.24, 2.45) is 5.92 Å². The minimum atomic E-state index is -3.57. The molecule has 0 saturated carbocycles. The van der Waals surface area contributed by atoms with Crippen LogP contribution in [0.25, 0.3) is 10.9 Å². The van der Waals surface area contributed by atoms with E-state index < -0.39 is 22.6 Å². The quantitative estimate of drug-likeness (QED) is 0.547. The number of carbonyl (C=O) groups excluding carboxylic acids is 2. The van der Waals surface area contributed by atoms with Gasteiger partial charge in [-0.2, -0.15) is 0 Å². The largest absolute Gasteiger partial charge is 0.381 e. The van der Waals surface area contributed by atoms with Crippen molar-refractivity contribution in [1.82, 2.24) is 14.2 Å². The molecule has 2 aliphatic rings. The van der Waals surface area contributed by atoms with Gasteiger partial charge in [-0.25, -0.2) is 16.8 Å². The molecule has 0 bridgehead atoms. The zero-order valence-corrected chi connectivity index (χ0v) is 21.9. The van der Waals surface area contributed by atoms with Gasteiger partial charge in [-0.3, -0.25) is 9.59 Å². The van der Waals surface area contributed by atoms with Gasteiger partial charge in [0.25, 0.3) is 5.91 Å². The summed E-state index contributed by atoms with van der Waals surface area (Å²) < 4.78 is 46.2. The minimum Gasteiger partial charge on any atom is -0.381 e. The summed E-state index contributed by atoms with van der Waals surface area (Å²) in [5.74, 6) is -0.237. The predicted octanol–water partition coefficient (Wildman–Crippen LogP) is 3.23. The Hall–Kier alpha value is -2.46. The number of aromatic nitrogens is 1. The van der Waals surface area contributed by atoms with E-state index in [4.69, 9.17) is 4.74 Å². The Morgan fingerprint density at radius 1 is 1.19 bits per heavy atom. The molecule has 1 fully saturated rings. The lowest BCUT2D eigenvalue weighted by Crippen LogP contribution is -2.41. The van der Waals surface area contributed by atoms with E-state index in [0.717, 1.165) is 48.7 Å². The van der Waals surface area contributed by atoms with Crippen LogP contribution in [-0.2, 0) is 26.0 Å². The van der Waals surface area contributed by atoms with Gasteiger partial charge in [0, 0.05) is 48.9 Å². The number of ether oxygens (including phenoxy) is 1.